The molecule has 0 aliphatic carbocycles. The fourth-order valence-corrected chi connectivity index (χ4v) is 3.45. The number of halogens is 1. The molecule has 2 aromatic rings. The molecule has 1 fully saturated rings. The van der Waals surface area contributed by atoms with Gasteiger partial charge in [0.15, 0.2) is 0 Å². The van der Waals surface area contributed by atoms with Crippen LogP contribution in [0.1, 0.15) is 38.7 Å². The lowest BCUT2D eigenvalue weighted by atomic mass is 9.97. The van der Waals surface area contributed by atoms with E-state index in [1.54, 1.807) is 0 Å². The third-order valence-electron chi connectivity index (χ3n) is 4.34. The maximum Gasteiger partial charge on any atom is 0.131 e. The van der Waals surface area contributed by atoms with E-state index in [1.165, 1.54) is 19.3 Å². The Hall–Kier alpha value is -1.79. The number of nitrogens with zero attached hydrogens (tertiary/aromatic N) is 3. The molecule has 1 aliphatic heterocycles. The van der Waals surface area contributed by atoms with Crippen LogP contribution in [0.3, 0.4) is 0 Å². The monoisotopic (exact) mass is 299 g/mol. The maximum absolute atomic E-state index is 9.44. The molecule has 21 heavy (non-hydrogen) atoms. The molecule has 1 aromatic carbocycles. The molecular weight excluding hydrogens is 282 g/mol. The smallest absolute Gasteiger partial charge is 0.131 e. The van der Waals surface area contributed by atoms with Gasteiger partial charge in [0.05, 0.1) is 17.1 Å². The van der Waals surface area contributed by atoms with Gasteiger partial charge in [-0.3, -0.25) is 0 Å². The third kappa shape index (κ3) is 2.56. The summed E-state index contributed by atoms with van der Waals surface area (Å²) in [5.41, 5.74) is 1.47. The molecule has 0 radical (unpaired) electrons. The number of anilines is 1. The van der Waals surface area contributed by atoms with Crippen molar-refractivity contribution in [3.63, 3.8) is 0 Å². The van der Waals surface area contributed by atoms with E-state index in [2.05, 4.69) is 24.8 Å². The van der Waals surface area contributed by atoms with Gasteiger partial charge in [-0.1, -0.05) is 11.6 Å². The summed E-state index contributed by atoms with van der Waals surface area (Å²) in [5, 5.41) is 10.9. The zero-order chi connectivity index (χ0) is 15.0. The Morgan fingerprint density at radius 2 is 1.95 bits per heavy atom. The van der Waals surface area contributed by atoms with Crippen LogP contribution in [0.2, 0.25) is 5.02 Å². The Kier molecular flexibility index (Phi) is 3.73. The highest BCUT2D eigenvalue weighted by molar-refractivity contribution is 6.31. The van der Waals surface area contributed by atoms with Gasteiger partial charge in [0, 0.05) is 22.5 Å². The first kappa shape index (κ1) is 14.2. The second-order valence-electron chi connectivity index (χ2n) is 5.84. The molecule has 1 aliphatic rings. The number of hydrogen-bond acceptors (Lipinski definition) is 3. The quantitative estimate of drug-likeness (QED) is 0.777. The second kappa shape index (κ2) is 5.54. The van der Waals surface area contributed by atoms with Crippen molar-refractivity contribution < 1.29 is 0 Å². The van der Waals surface area contributed by atoms with E-state index in [4.69, 9.17) is 16.6 Å². The van der Waals surface area contributed by atoms with Gasteiger partial charge in [-0.15, -0.1) is 0 Å². The van der Waals surface area contributed by atoms with Crippen LogP contribution in [0.15, 0.2) is 24.3 Å². The number of aromatic nitrogens is 1. The topological polar surface area (TPSA) is 39.9 Å². The van der Waals surface area contributed by atoms with Crippen molar-refractivity contribution in [1.29, 1.82) is 5.26 Å². The molecule has 3 nitrogen and oxygen atoms in total. The van der Waals surface area contributed by atoms with Gasteiger partial charge in [0.2, 0.25) is 0 Å². The molecule has 1 aromatic heterocycles. The standard InChI is InChI=1S/C17H18ClN3/c1-11-4-3-5-12(2)21(11)17-8-13(10-19)15-9-14(18)6-7-16(15)20-17/h6-9,11-12H,3-5H2,1-2H3. The number of hydrogen-bond donors (Lipinski definition) is 0. The van der Waals surface area contributed by atoms with Gasteiger partial charge in [-0.25, -0.2) is 4.98 Å². The van der Waals surface area contributed by atoms with Crippen LogP contribution in [0.4, 0.5) is 5.82 Å². The van der Waals surface area contributed by atoms with Crippen molar-refractivity contribution in [2.24, 2.45) is 0 Å². The van der Waals surface area contributed by atoms with Crippen LogP contribution in [0.5, 0.6) is 0 Å². The number of fused-ring (bicyclic) bond motifs is 1. The van der Waals surface area contributed by atoms with Crippen molar-refractivity contribution in [2.75, 3.05) is 4.90 Å². The van der Waals surface area contributed by atoms with E-state index >= 15 is 0 Å². The number of piperidine rings is 1. The largest absolute Gasteiger partial charge is 0.351 e. The highest BCUT2D eigenvalue weighted by Gasteiger charge is 2.26. The summed E-state index contributed by atoms with van der Waals surface area (Å²) >= 11 is 6.03. The van der Waals surface area contributed by atoms with Crippen molar-refractivity contribution in [3.05, 3.63) is 34.9 Å². The van der Waals surface area contributed by atoms with Crippen LogP contribution in [0.25, 0.3) is 10.9 Å². The Labute approximate surface area is 130 Å². The Morgan fingerprint density at radius 1 is 1.24 bits per heavy atom. The zero-order valence-electron chi connectivity index (χ0n) is 12.3. The lowest BCUT2D eigenvalue weighted by Gasteiger charge is -2.40. The van der Waals surface area contributed by atoms with Gasteiger partial charge >= 0.3 is 0 Å². The summed E-state index contributed by atoms with van der Waals surface area (Å²) in [6.45, 7) is 4.46. The van der Waals surface area contributed by atoms with E-state index in [0.717, 1.165) is 16.7 Å². The molecule has 0 amide bonds. The molecule has 0 spiro atoms. The number of nitriles is 1. The van der Waals surface area contributed by atoms with Crippen molar-refractivity contribution in [3.8, 4) is 6.07 Å². The molecule has 0 bridgehead atoms. The predicted molar refractivity (Wildman–Crippen MR) is 86.7 cm³/mol. The second-order valence-corrected chi connectivity index (χ2v) is 6.27. The van der Waals surface area contributed by atoms with Gasteiger partial charge < -0.3 is 4.90 Å². The first-order valence-electron chi connectivity index (χ1n) is 7.39. The molecule has 3 rings (SSSR count). The van der Waals surface area contributed by atoms with E-state index in [9.17, 15) is 5.26 Å². The highest BCUT2D eigenvalue weighted by atomic mass is 35.5. The maximum atomic E-state index is 9.44. The van der Waals surface area contributed by atoms with E-state index < -0.39 is 0 Å². The minimum absolute atomic E-state index is 0.456. The third-order valence-corrected chi connectivity index (χ3v) is 4.57. The average Bonchev–Trinajstić information content (AvgIpc) is 2.46. The van der Waals surface area contributed by atoms with Gasteiger partial charge in [-0.2, -0.15) is 5.26 Å². The minimum atomic E-state index is 0.456. The summed E-state index contributed by atoms with van der Waals surface area (Å²) in [4.78, 5) is 7.11. The van der Waals surface area contributed by atoms with Crippen LogP contribution in [-0.4, -0.2) is 17.1 Å². The fraction of sp³-hybridized carbons (Fsp3) is 0.412. The normalized spacial score (nSPS) is 22.3. The fourth-order valence-electron chi connectivity index (χ4n) is 3.28. The summed E-state index contributed by atoms with van der Waals surface area (Å²) in [6.07, 6.45) is 3.60. The van der Waals surface area contributed by atoms with Crippen LogP contribution >= 0.6 is 11.6 Å². The average molecular weight is 300 g/mol. The summed E-state index contributed by atoms with van der Waals surface area (Å²) in [5.74, 6) is 0.904. The molecular formula is C17H18ClN3. The Morgan fingerprint density at radius 3 is 2.62 bits per heavy atom. The SMILES string of the molecule is CC1CCCC(C)N1c1cc(C#N)c2cc(Cl)ccc2n1. The van der Waals surface area contributed by atoms with Gasteiger partial charge in [0.1, 0.15) is 5.82 Å². The summed E-state index contributed by atoms with van der Waals surface area (Å²) < 4.78 is 0. The minimum Gasteiger partial charge on any atom is -0.351 e. The molecule has 2 heterocycles. The van der Waals surface area contributed by atoms with E-state index in [-0.39, 0.29) is 0 Å². The molecule has 2 atom stereocenters. The van der Waals surface area contributed by atoms with E-state index in [1.807, 2.05) is 24.3 Å². The number of rotatable bonds is 1. The summed E-state index contributed by atoms with van der Waals surface area (Å²) in [6, 6.07) is 10.6. The highest BCUT2D eigenvalue weighted by Crippen LogP contribution is 2.31. The molecule has 0 saturated carbocycles. The van der Waals surface area contributed by atoms with Crippen molar-refractivity contribution >= 4 is 28.3 Å². The molecule has 0 N–H and O–H groups in total. The first-order chi connectivity index (χ1) is 10.1. The molecule has 1 saturated heterocycles. The number of pyridine rings is 1. The lowest BCUT2D eigenvalue weighted by molar-refractivity contribution is 0.411. The van der Waals surface area contributed by atoms with Crippen LogP contribution in [-0.2, 0) is 0 Å². The molecule has 4 heteroatoms. The predicted octanol–water partition coefficient (Wildman–Crippen LogP) is 4.53. The van der Waals surface area contributed by atoms with Gasteiger partial charge in [0.25, 0.3) is 0 Å². The van der Waals surface area contributed by atoms with Crippen LogP contribution in [0, 0.1) is 11.3 Å². The van der Waals surface area contributed by atoms with Crippen molar-refractivity contribution in [1.82, 2.24) is 4.98 Å². The van der Waals surface area contributed by atoms with Crippen LogP contribution < -0.4 is 4.90 Å². The van der Waals surface area contributed by atoms with Gasteiger partial charge in [-0.05, 0) is 57.4 Å². The number of benzene rings is 1. The Balaban J connectivity index is 2.15. The first-order valence-corrected chi connectivity index (χ1v) is 7.76. The Bertz CT molecular complexity index is 710. The van der Waals surface area contributed by atoms with E-state index in [0.29, 0.717) is 22.7 Å². The summed E-state index contributed by atoms with van der Waals surface area (Å²) in [7, 11) is 0. The molecule has 2 unspecified atom stereocenters. The lowest BCUT2D eigenvalue weighted by Crippen LogP contribution is -2.44. The van der Waals surface area contributed by atoms with Crippen molar-refractivity contribution in [2.45, 2.75) is 45.2 Å². The molecule has 108 valence electrons. The zero-order valence-corrected chi connectivity index (χ0v) is 13.1.